The topological polar surface area (TPSA) is 117 Å². The van der Waals surface area contributed by atoms with Crippen molar-refractivity contribution in [3.63, 3.8) is 0 Å². The fraction of sp³-hybridized carbons (Fsp3) is 0.389. The number of carbonyl (C=O) groups excluding carboxylic acids is 1. The molecule has 0 aliphatic heterocycles. The number of benzene rings is 1. The Morgan fingerprint density at radius 1 is 1.27 bits per heavy atom. The van der Waals surface area contributed by atoms with Crippen LogP contribution in [0.3, 0.4) is 0 Å². The fourth-order valence-electron chi connectivity index (χ4n) is 3.33. The van der Waals surface area contributed by atoms with Crippen LogP contribution in [0.2, 0.25) is 0 Å². The van der Waals surface area contributed by atoms with Crippen molar-refractivity contribution in [3.05, 3.63) is 29.4 Å². The molecule has 1 aromatic carbocycles. The highest BCUT2D eigenvalue weighted by Gasteiger charge is 2.25. The number of nitrogens with zero attached hydrogens (tertiary/aromatic N) is 1. The highest BCUT2D eigenvalue weighted by molar-refractivity contribution is 7.15. The standard InChI is InChI=1S/C18H22N4O3S/c1-10(23)21-13-6-7-14(15(19)8-13)16-9-20-17(26-16)11-2-4-12(5-3-11)22-18(24)25/h6-9,11-12,22H,2-5,19H2,1H3,(H,21,23)(H,24,25). The maximum Gasteiger partial charge on any atom is 0.404 e. The van der Waals surface area contributed by atoms with Crippen molar-refractivity contribution in [3.8, 4) is 10.4 Å². The Hall–Kier alpha value is -2.61. The summed E-state index contributed by atoms with van der Waals surface area (Å²) in [4.78, 5) is 27.4. The molecule has 7 nitrogen and oxygen atoms in total. The smallest absolute Gasteiger partial charge is 0.404 e. The van der Waals surface area contributed by atoms with Crippen LogP contribution in [0.1, 0.15) is 43.5 Å². The zero-order valence-corrected chi connectivity index (χ0v) is 15.3. The lowest BCUT2D eigenvalue weighted by Gasteiger charge is -2.27. The van der Waals surface area contributed by atoms with Crippen LogP contribution in [0.4, 0.5) is 16.2 Å². The van der Waals surface area contributed by atoms with Gasteiger partial charge in [-0.1, -0.05) is 0 Å². The molecule has 1 aliphatic rings. The summed E-state index contributed by atoms with van der Waals surface area (Å²) in [6, 6.07) is 5.51. The number of nitrogens with two attached hydrogens (primary N) is 1. The van der Waals surface area contributed by atoms with Gasteiger partial charge in [-0.2, -0.15) is 0 Å². The zero-order chi connectivity index (χ0) is 18.7. The van der Waals surface area contributed by atoms with Crippen molar-refractivity contribution in [2.45, 2.75) is 44.6 Å². The van der Waals surface area contributed by atoms with Crippen LogP contribution in [-0.2, 0) is 4.79 Å². The fourth-order valence-corrected chi connectivity index (χ4v) is 4.46. The van der Waals surface area contributed by atoms with Gasteiger partial charge >= 0.3 is 6.09 Å². The zero-order valence-electron chi connectivity index (χ0n) is 14.5. The van der Waals surface area contributed by atoms with Gasteiger partial charge in [0, 0.05) is 42.0 Å². The minimum absolute atomic E-state index is 0.0418. The number of thiazole rings is 1. The molecule has 138 valence electrons. The van der Waals surface area contributed by atoms with E-state index in [9.17, 15) is 9.59 Å². The van der Waals surface area contributed by atoms with E-state index < -0.39 is 6.09 Å². The number of aromatic nitrogens is 1. The summed E-state index contributed by atoms with van der Waals surface area (Å²) >= 11 is 1.63. The lowest BCUT2D eigenvalue weighted by Crippen LogP contribution is -2.36. The predicted octanol–water partition coefficient (Wildman–Crippen LogP) is 3.64. The highest BCUT2D eigenvalue weighted by Crippen LogP contribution is 2.39. The number of hydrogen-bond acceptors (Lipinski definition) is 5. The third kappa shape index (κ3) is 4.32. The highest BCUT2D eigenvalue weighted by atomic mass is 32.1. The van der Waals surface area contributed by atoms with Crippen LogP contribution in [0, 0.1) is 0 Å². The monoisotopic (exact) mass is 374 g/mol. The van der Waals surface area contributed by atoms with Gasteiger partial charge in [0.15, 0.2) is 0 Å². The van der Waals surface area contributed by atoms with Gasteiger partial charge in [-0.3, -0.25) is 4.79 Å². The van der Waals surface area contributed by atoms with Crippen molar-refractivity contribution < 1.29 is 14.7 Å². The first-order valence-electron chi connectivity index (χ1n) is 8.55. The first-order valence-corrected chi connectivity index (χ1v) is 9.36. The Bertz CT molecular complexity index is 813. The minimum atomic E-state index is -0.955. The Labute approximate surface area is 155 Å². The van der Waals surface area contributed by atoms with Gasteiger partial charge in [0.25, 0.3) is 0 Å². The third-order valence-corrected chi connectivity index (χ3v) is 5.76. The molecule has 1 saturated carbocycles. The van der Waals surface area contributed by atoms with E-state index in [1.807, 2.05) is 18.3 Å². The van der Waals surface area contributed by atoms with E-state index in [0.717, 1.165) is 41.1 Å². The van der Waals surface area contributed by atoms with Gasteiger partial charge < -0.3 is 21.5 Å². The third-order valence-electron chi connectivity index (χ3n) is 4.56. The summed E-state index contributed by atoms with van der Waals surface area (Å²) < 4.78 is 0. The van der Waals surface area contributed by atoms with Crippen LogP contribution in [-0.4, -0.2) is 28.1 Å². The summed E-state index contributed by atoms with van der Waals surface area (Å²) in [5, 5.41) is 15.2. The molecule has 0 bridgehead atoms. The van der Waals surface area contributed by atoms with Crippen LogP contribution < -0.4 is 16.4 Å². The number of nitrogens with one attached hydrogen (secondary N) is 2. The maximum absolute atomic E-state index is 11.1. The number of rotatable bonds is 4. The van der Waals surface area contributed by atoms with Gasteiger partial charge in [0.1, 0.15) is 0 Å². The van der Waals surface area contributed by atoms with E-state index in [2.05, 4.69) is 15.6 Å². The summed E-state index contributed by atoms with van der Waals surface area (Å²) in [7, 11) is 0. The molecular formula is C18H22N4O3S. The number of amides is 2. The molecule has 0 spiro atoms. The summed E-state index contributed by atoms with van der Waals surface area (Å²) in [5.74, 6) is 0.227. The van der Waals surface area contributed by atoms with Gasteiger partial charge in [0.05, 0.1) is 9.88 Å². The first-order chi connectivity index (χ1) is 12.4. The second-order valence-corrected chi connectivity index (χ2v) is 7.61. The van der Waals surface area contributed by atoms with Gasteiger partial charge in [-0.25, -0.2) is 9.78 Å². The largest absolute Gasteiger partial charge is 0.465 e. The summed E-state index contributed by atoms with van der Waals surface area (Å²) in [6.07, 6.45) is 4.40. The van der Waals surface area contributed by atoms with Crippen LogP contribution in [0.25, 0.3) is 10.4 Å². The van der Waals surface area contributed by atoms with Crippen LogP contribution in [0.5, 0.6) is 0 Å². The molecule has 1 aliphatic carbocycles. The Kier molecular flexibility index (Phi) is 5.41. The molecule has 0 atom stereocenters. The van der Waals surface area contributed by atoms with Gasteiger partial charge in [-0.15, -0.1) is 11.3 Å². The van der Waals surface area contributed by atoms with E-state index in [0.29, 0.717) is 17.3 Å². The van der Waals surface area contributed by atoms with Crippen molar-refractivity contribution in [1.82, 2.24) is 10.3 Å². The van der Waals surface area contributed by atoms with Crippen molar-refractivity contribution in [2.24, 2.45) is 0 Å². The van der Waals surface area contributed by atoms with Crippen molar-refractivity contribution >= 4 is 34.7 Å². The summed E-state index contributed by atoms with van der Waals surface area (Å²) in [6.45, 7) is 1.46. The van der Waals surface area contributed by atoms with Crippen LogP contribution >= 0.6 is 11.3 Å². The second kappa shape index (κ2) is 7.74. The number of anilines is 2. The molecule has 8 heteroatoms. The maximum atomic E-state index is 11.1. The van der Waals surface area contributed by atoms with Gasteiger partial charge in [0.2, 0.25) is 5.91 Å². The average molecular weight is 374 g/mol. The number of nitrogen functional groups attached to an aromatic ring is 1. The molecule has 3 rings (SSSR count). The average Bonchev–Trinajstić information content (AvgIpc) is 3.04. The minimum Gasteiger partial charge on any atom is -0.465 e. The Morgan fingerprint density at radius 2 is 2.00 bits per heavy atom. The molecule has 1 heterocycles. The number of carbonyl (C=O) groups is 2. The molecule has 2 aromatic rings. The molecule has 0 unspecified atom stereocenters. The molecule has 1 aromatic heterocycles. The molecule has 0 saturated heterocycles. The summed E-state index contributed by atoms with van der Waals surface area (Å²) in [5.41, 5.74) is 8.32. The van der Waals surface area contributed by atoms with E-state index in [-0.39, 0.29) is 11.9 Å². The number of hydrogen-bond donors (Lipinski definition) is 4. The second-order valence-electron chi connectivity index (χ2n) is 6.54. The van der Waals surface area contributed by atoms with Gasteiger partial charge in [-0.05, 0) is 43.9 Å². The van der Waals surface area contributed by atoms with E-state index in [1.165, 1.54) is 6.92 Å². The molecule has 1 fully saturated rings. The van der Waals surface area contributed by atoms with Crippen molar-refractivity contribution in [1.29, 1.82) is 0 Å². The van der Waals surface area contributed by atoms with E-state index >= 15 is 0 Å². The SMILES string of the molecule is CC(=O)Nc1ccc(-c2cnc(C3CCC(NC(=O)O)CC3)s2)c(N)c1. The first kappa shape index (κ1) is 18.2. The van der Waals surface area contributed by atoms with E-state index in [4.69, 9.17) is 10.8 Å². The van der Waals surface area contributed by atoms with E-state index in [1.54, 1.807) is 17.4 Å². The molecule has 0 radical (unpaired) electrons. The van der Waals surface area contributed by atoms with Crippen LogP contribution in [0.15, 0.2) is 24.4 Å². The molecule has 26 heavy (non-hydrogen) atoms. The molecular weight excluding hydrogens is 352 g/mol. The molecule has 2 amide bonds. The Morgan fingerprint density at radius 3 is 2.62 bits per heavy atom. The molecule has 5 N–H and O–H groups in total. The number of carboxylic acid groups (broad SMARTS) is 1. The normalized spacial score (nSPS) is 19.7. The lowest BCUT2D eigenvalue weighted by molar-refractivity contribution is -0.114. The quantitative estimate of drug-likeness (QED) is 0.610. The Balaban J connectivity index is 1.69. The predicted molar refractivity (Wildman–Crippen MR) is 102 cm³/mol. The lowest BCUT2D eigenvalue weighted by atomic mass is 9.86. The van der Waals surface area contributed by atoms with Crippen molar-refractivity contribution in [2.75, 3.05) is 11.1 Å².